The van der Waals surface area contributed by atoms with Crippen LogP contribution in [0.5, 0.6) is 0 Å². The quantitative estimate of drug-likeness (QED) is 0.0980. The first-order chi connectivity index (χ1) is 20.8. The van der Waals surface area contributed by atoms with Crippen molar-refractivity contribution < 1.29 is 19.1 Å². The molecule has 7 heteroatoms. The Labute approximate surface area is 263 Å². The van der Waals surface area contributed by atoms with Crippen molar-refractivity contribution in [1.82, 2.24) is 16.0 Å². The maximum Gasteiger partial charge on any atom is 0.408 e. The fourth-order valence-corrected chi connectivity index (χ4v) is 5.20. The van der Waals surface area contributed by atoms with Crippen molar-refractivity contribution in [2.45, 2.75) is 156 Å². The van der Waals surface area contributed by atoms with E-state index in [1.54, 1.807) is 0 Å². The predicted octanol–water partition coefficient (Wildman–Crippen LogP) is 8.46. The van der Waals surface area contributed by atoms with Gasteiger partial charge in [0, 0.05) is 6.54 Å². The minimum absolute atomic E-state index is 0.0902. The Kier molecular flexibility index (Phi) is 22.2. The first-order valence-corrected chi connectivity index (χ1v) is 17.3. The van der Waals surface area contributed by atoms with Crippen molar-refractivity contribution in [2.24, 2.45) is 11.8 Å². The number of hydrogen-bond donors (Lipinski definition) is 3. The van der Waals surface area contributed by atoms with Gasteiger partial charge in [0.05, 0.1) is 0 Å². The molecule has 0 spiro atoms. The molecule has 0 radical (unpaired) electrons. The number of nitrogens with one attached hydrogen (secondary N) is 3. The Morgan fingerprint density at radius 1 is 0.605 bits per heavy atom. The second-order valence-corrected chi connectivity index (χ2v) is 12.8. The van der Waals surface area contributed by atoms with Crippen LogP contribution in [-0.2, 0) is 20.9 Å². The first kappa shape index (κ1) is 38.5. The highest BCUT2D eigenvalue weighted by Gasteiger charge is 2.30. The van der Waals surface area contributed by atoms with Gasteiger partial charge in [-0.05, 0) is 23.8 Å². The highest BCUT2D eigenvalue weighted by atomic mass is 16.5. The van der Waals surface area contributed by atoms with Gasteiger partial charge in [-0.25, -0.2) is 4.79 Å². The SMILES string of the molecule is CCCCCCCCCCCCCCCCCCNC(=O)C(NC(=O)C(NC(=O)OCc1ccccc1)C(C)C)C(C)C. The van der Waals surface area contributed by atoms with Gasteiger partial charge >= 0.3 is 6.09 Å². The van der Waals surface area contributed by atoms with E-state index in [4.69, 9.17) is 4.74 Å². The second-order valence-electron chi connectivity index (χ2n) is 12.8. The fourth-order valence-electron chi connectivity index (χ4n) is 5.20. The normalized spacial score (nSPS) is 12.6. The number of hydrogen-bond acceptors (Lipinski definition) is 4. The topological polar surface area (TPSA) is 96.5 Å². The number of benzene rings is 1. The lowest BCUT2D eigenvalue weighted by atomic mass is 9.99. The number of unbranched alkanes of at least 4 members (excludes halogenated alkanes) is 15. The summed E-state index contributed by atoms with van der Waals surface area (Å²) in [7, 11) is 0. The predicted molar refractivity (Wildman–Crippen MR) is 178 cm³/mol. The molecule has 0 aliphatic heterocycles. The summed E-state index contributed by atoms with van der Waals surface area (Å²) < 4.78 is 5.29. The van der Waals surface area contributed by atoms with Gasteiger partial charge < -0.3 is 20.7 Å². The Morgan fingerprint density at radius 2 is 1.05 bits per heavy atom. The molecule has 2 unspecified atom stereocenters. The minimum Gasteiger partial charge on any atom is -0.445 e. The molecule has 0 aliphatic carbocycles. The zero-order valence-electron chi connectivity index (χ0n) is 28.1. The van der Waals surface area contributed by atoms with Crippen molar-refractivity contribution >= 4 is 17.9 Å². The molecule has 1 aromatic rings. The molecule has 0 heterocycles. The lowest BCUT2D eigenvalue weighted by Crippen LogP contribution is -2.57. The monoisotopic (exact) mass is 601 g/mol. The van der Waals surface area contributed by atoms with Crippen LogP contribution < -0.4 is 16.0 Å². The smallest absolute Gasteiger partial charge is 0.408 e. The van der Waals surface area contributed by atoms with E-state index < -0.39 is 18.2 Å². The third-order valence-corrected chi connectivity index (χ3v) is 8.01. The van der Waals surface area contributed by atoms with Crippen molar-refractivity contribution in [2.75, 3.05) is 6.54 Å². The van der Waals surface area contributed by atoms with E-state index in [9.17, 15) is 14.4 Å². The van der Waals surface area contributed by atoms with Gasteiger partial charge in [-0.1, -0.05) is 161 Å². The number of ether oxygens (including phenoxy) is 1. The van der Waals surface area contributed by atoms with E-state index in [-0.39, 0.29) is 30.3 Å². The van der Waals surface area contributed by atoms with E-state index >= 15 is 0 Å². The second kappa shape index (κ2) is 24.8. The van der Waals surface area contributed by atoms with E-state index in [1.807, 2.05) is 58.0 Å². The molecule has 0 saturated carbocycles. The third-order valence-electron chi connectivity index (χ3n) is 8.01. The maximum atomic E-state index is 13.1. The van der Waals surface area contributed by atoms with Crippen LogP contribution in [0.4, 0.5) is 4.79 Å². The Balaban J connectivity index is 2.21. The molecule has 246 valence electrons. The minimum atomic E-state index is -0.808. The molecular formula is C36H63N3O4. The average molecular weight is 602 g/mol. The van der Waals surface area contributed by atoms with Crippen LogP contribution in [-0.4, -0.2) is 36.5 Å². The van der Waals surface area contributed by atoms with Crippen molar-refractivity contribution in [1.29, 1.82) is 0 Å². The molecule has 0 bridgehead atoms. The number of carbonyl (C=O) groups excluding carboxylic acids is 3. The van der Waals surface area contributed by atoms with Gasteiger partial charge in [0.25, 0.3) is 0 Å². The fraction of sp³-hybridized carbons (Fsp3) is 0.750. The molecule has 3 N–H and O–H groups in total. The van der Waals surface area contributed by atoms with Crippen LogP contribution in [0, 0.1) is 11.8 Å². The molecule has 0 fully saturated rings. The Bertz CT molecular complexity index is 859. The molecule has 0 saturated heterocycles. The highest BCUT2D eigenvalue weighted by molar-refractivity contribution is 5.91. The summed E-state index contributed by atoms with van der Waals surface area (Å²) in [6.45, 7) is 10.5. The molecule has 43 heavy (non-hydrogen) atoms. The van der Waals surface area contributed by atoms with Gasteiger partial charge in [-0.15, -0.1) is 0 Å². The van der Waals surface area contributed by atoms with Gasteiger partial charge in [0.1, 0.15) is 18.7 Å². The molecule has 7 nitrogen and oxygen atoms in total. The molecule has 0 aliphatic rings. The van der Waals surface area contributed by atoms with Gasteiger partial charge in [-0.3, -0.25) is 9.59 Å². The number of carbonyl (C=O) groups is 3. The summed E-state index contributed by atoms with van der Waals surface area (Å²) in [5.41, 5.74) is 0.865. The molecule has 3 amide bonds. The van der Waals surface area contributed by atoms with Crippen LogP contribution in [0.15, 0.2) is 30.3 Å². The summed E-state index contributed by atoms with van der Waals surface area (Å²) in [5.74, 6) is -0.834. The van der Waals surface area contributed by atoms with Crippen LogP contribution >= 0.6 is 0 Å². The first-order valence-electron chi connectivity index (χ1n) is 17.3. The lowest BCUT2D eigenvalue weighted by molar-refractivity contribution is -0.131. The largest absolute Gasteiger partial charge is 0.445 e. The molecule has 1 rings (SSSR count). The maximum absolute atomic E-state index is 13.1. The van der Waals surface area contributed by atoms with Crippen LogP contribution in [0.2, 0.25) is 0 Å². The Morgan fingerprint density at radius 3 is 1.51 bits per heavy atom. The summed E-state index contributed by atoms with van der Waals surface area (Å²) in [4.78, 5) is 38.4. The number of rotatable bonds is 25. The highest BCUT2D eigenvalue weighted by Crippen LogP contribution is 2.14. The van der Waals surface area contributed by atoms with E-state index in [1.165, 1.54) is 89.9 Å². The standard InChI is InChI=1S/C36H63N3O4/c1-6-7-8-9-10-11-12-13-14-15-16-17-18-19-20-24-27-37-34(40)32(29(2)3)38-35(41)33(30(4)5)39-36(42)43-28-31-25-22-21-23-26-31/h21-23,25-26,29-30,32-33H,6-20,24,27-28H2,1-5H3,(H,37,40)(H,38,41)(H,39,42). The van der Waals surface area contributed by atoms with Crippen LogP contribution in [0.3, 0.4) is 0 Å². The van der Waals surface area contributed by atoms with Crippen LogP contribution in [0.1, 0.15) is 143 Å². The Hall–Kier alpha value is -2.57. The lowest BCUT2D eigenvalue weighted by Gasteiger charge is -2.26. The van der Waals surface area contributed by atoms with Crippen molar-refractivity contribution in [3.05, 3.63) is 35.9 Å². The summed E-state index contributed by atoms with van der Waals surface area (Å²) in [6.07, 6.45) is 20.4. The van der Waals surface area contributed by atoms with Crippen molar-refractivity contribution in [3.8, 4) is 0 Å². The molecule has 0 aromatic heterocycles. The number of alkyl carbamates (subject to hydrolysis) is 1. The zero-order valence-corrected chi connectivity index (χ0v) is 28.1. The third kappa shape index (κ3) is 19.4. The summed E-state index contributed by atoms with van der Waals surface area (Å²) >= 11 is 0. The van der Waals surface area contributed by atoms with Gasteiger partial charge in [0.2, 0.25) is 11.8 Å². The summed E-state index contributed by atoms with van der Waals surface area (Å²) in [5, 5.41) is 8.53. The van der Waals surface area contributed by atoms with E-state index in [0.717, 1.165) is 18.4 Å². The van der Waals surface area contributed by atoms with Crippen molar-refractivity contribution in [3.63, 3.8) is 0 Å². The zero-order chi connectivity index (χ0) is 31.7. The van der Waals surface area contributed by atoms with E-state index in [2.05, 4.69) is 22.9 Å². The number of amides is 3. The van der Waals surface area contributed by atoms with Gasteiger partial charge in [-0.2, -0.15) is 0 Å². The van der Waals surface area contributed by atoms with Crippen LogP contribution in [0.25, 0.3) is 0 Å². The average Bonchev–Trinajstić information content (AvgIpc) is 2.99. The summed E-state index contributed by atoms with van der Waals surface area (Å²) in [6, 6.07) is 7.90. The van der Waals surface area contributed by atoms with Gasteiger partial charge in [0.15, 0.2) is 0 Å². The molecule has 1 aromatic carbocycles. The molecular weight excluding hydrogens is 538 g/mol. The molecule has 2 atom stereocenters. The van der Waals surface area contributed by atoms with E-state index in [0.29, 0.717) is 6.54 Å².